The van der Waals surface area contributed by atoms with Gasteiger partial charge in [-0.05, 0) is 47.7 Å². The van der Waals surface area contributed by atoms with Gasteiger partial charge in [0.1, 0.15) is 5.82 Å². The fraction of sp³-hybridized carbons (Fsp3) is 0.421. The average Bonchev–Trinajstić information content (AvgIpc) is 2.48. The van der Waals surface area contributed by atoms with Crippen LogP contribution in [-0.4, -0.2) is 13.1 Å². The van der Waals surface area contributed by atoms with Crippen LogP contribution in [-0.2, 0) is 6.37 Å². The largest absolute Gasteiger partial charge is 0.256 e. The molecule has 0 amide bonds. The zero-order valence-electron chi connectivity index (χ0n) is 16.3. The van der Waals surface area contributed by atoms with Gasteiger partial charge in [-0.15, -0.1) is 0 Å². The van der Waals surface area contributed by atoms with E-state index in [4.69, 9.17) is 2.74 Å². The highest BCUT2D eigenvalue weighted by Crippen LogP contribution is 2.24. The molecule has 0 atom stereocenters. The maximum absolute atomic E-state index is 14.5. The number of pyridine rings is 1. The Bertz CT molecular complexity index is 752. The van der Waals surface area contributed by atoms with Crippen LogP contribution >= 0.6 is 0 Å². The second-order valence-corrected chi connectivity index (χ2v) is 12.1. The first-order valence-electron chi connectivity index (χ1n) is 8.72. The summed E-state index contributed by atoms with van der Waals surface area (Å²) >= 11 is 0. The van der Waals surface area contributed by atoms with E-state index >= 15 is 0 Å². The summed E-state index contributed by atoms with van der Waals surface area (Å²) in [6.07, 6.45) is 0.284. The SMILES string of the molecule is [2H]C([2H])(c1cc(-c2cccc(C)c2F)ncc1[Si](C)(C)C)C(C)C. The van der Waals surface area contributed by atoms with E-state index in [2.05, 4.69) is 24.6 Å². The van der Waals surface area contributed by atoms with Gasteiger partial charge in [0.15, 0.2) is 0 Å². The van der Waals surface area contributed by atoms with E-state index in [-0.39, 0.29) is 11.7 Å². The lowest BCUT2D eigenvalue weighted by Crippen LogP contribution is -2.40. The number of nitrogens with zero attached hydrogens (tertiary/aromatic N) is 1. The Hall–Kier alpha value is -1.48. The van der Waals surface area contributed by atoms with Crippen molar-refractivity contribution >= 4 is 13.3 Å². The van der Waals surface area contributed by atoms with Gasteiger partial charge >= 0.3 is 0 Å². The first kappa shape index (κ1) is 14.1. The van der Waals surface area contributed by atoms with Crippen molar-refractivity contribution in [3.63, 3.8) is 0 Å². The molecule has 0 aliphatic carbocycles. The molecule has 0 aliphatic heterocycles. The van der Waals surface area contributed by atoms with E-state index in [0.717, 1.165) is 5.19 Å². The Kier molecular flexibility index (Phi) is 4.07. The van der Waals surface area contributed by atoms with Crippen LogP contribution in [0.5, 0.6) is 0 Å². The quantitative estimate of drug-likeness (QED) is 0.728. The van der Waals surface area contributed by atoms with E-state index in [1.54, 1.807) is 37.4 Å². The Morgan fingerprint density at radius 1 is 1.27 bits per heavy atom. The van der Waals surface area contributed by atoms with Crippen LogP contribution in [0.3, 0.4) is 0 Å². The first-order chi connectivity index (χ1) is 11.0. The number of hydrogen-bond donors (Lipinski definition) is 0. The minimum absolute atomic E-state index is 0.176. The third kappa shape index (κ3) is 3.64. The zero-order chi connectivity index (χ0) is 18.3. The molecule has 0 radical (unpaired) electrons. The van der Waals surface area contributed by atoms with E-state index in [9.17, 15) is 4.39 Å². The van der Waals surface area contributed by atoms with Gasteiger partial charge < -0.3 is 0 Å². The van der Waals surface area contributed by atoms with Crippen molar-refractivity contribution in [3.05, 3.63) is 47.4 Å². The van der Waals surface area contributed by atoms with Crippen LogP contribution in [0.4, 0.5) is 4.39 Å². The number of aromatic nitrogens is 1. The number of halogens is 1. The molecule has 1 aromatic carbocycles. The third-order valence-electron chi connectivity index (χ3n) is 3.62. The summed E-state index contributed by atoms with van der Waals surface area (Å²) in [6, 6.07) is 6.99. The minimum atomic E-state index is -1.78. The predicted octanol–water partition coefficient (Wildman–Crippen LogP) is 4.94. The van der Waals surface area contributed by atoms with Gasteiger partial charge in [0.2, 0.25) is 0 Å². The second kappa shape index (κ2) is 6.33. The van der Waals surface area contributed by atoms with Crippen LogP contribution in [0.1, 0.15) is 27.7 Å². The maximum Gasteiger partial charge on any atom is 0.135 e. The van der Waals surface area contributed by atoms with Gasteiger partial charge in [0, 0.05) is 14.5 Å². The third-order valence-corrected chi connectivity index (χ3v) is 5.64. The van der Waals surface area contributed by atoms with Crippen LogP contribution in [0, 0.1) is 18.7 Å². The van der Waals surface area contributed by atoms with E-state index < -0.39 is 14.4 Å². The highest BCUT2D eigenvalue weighted by atomic mass is 28.3. The summed E-state index contributed by atoms with van der Waals surface area (Å²) in [5, 5.41) is 0.998. The summed E-state index contributed by atoms with van der Waals surface area (Å²) in [7, 11) is -1.78. The molecule has 0 aliphatic rings. The number of aryl methyl sites for hydroxylation is 1. The number of hydrogen-bond acceptors (Lipinski definition) is 1. The molecule has 2 rings (SSSR count). The van der Waals surface area contributed by atoms with Crippen molar-refractivity contribution in [2.24, 2.45) is 5.92 Å². The van der Waals surface area contributed by atoms with Crippen molar-refractivity contribution in [3.8, 4) is 11.3 Å². The summed E-state index contributed by atoms with van der Waals surface area (Å²) in [5.74, 6) is -0.466. The lowest BCUT2D eigenvalue weighted by Gasteiger charge is -2.22. The van der Waals surface area contributed by atoms with Crippen LogP contribution in [0.2, 0.25) is 19.6 Å². The lowest BCUT2D eigenvalue weighted by molar-refractivity contribution is 0.621. The molecule has 0 saturated carbocycles. The van der Waals surface area contributed by atoms with Gasteiger partial charge in [0.05, 0.1) is 13.8 Å². The molecule has 1 aromatic heterocycles. The molecule has 0 spiro atoms. The van der Waals surface area contributed by atoms with Gasteiger partial charge in [0.25, 0.3) is 0 Å². The molecule has 0 fully saturated rings. The normalized spacial score (nSPS) is 14.0. The number of rotatable bonds is 4. The maximum atomic E-state index is 14.5. The Balaban J connectivity index is 2.73. The molecule has 1 heterocycles. The van der Waals surface area contributed by atoms with Crippen molar-refractivity contribution in [1.29, 1.82) is 0 Å². The topological polar surface area (TPSA) is 12.9 Å². The molecule has 118 valence electrons. The Labute approximate surface area is 137 Å². The summed E-state index contributed by atoms with van der Waals surface area (Å²) < 4.78 is 31.6. The molecule has 0 saturated heterocycles. The average molecular weight is 318 g/mol. The summed E-state index contributed by atoms with van der Waals surface area (Å²) in [4.78, 5) is 4.48. The molecule has 2 aromatic rings. The summed E-state index contributed by atoms with van der Waals surface area (Å²) in [6.45, 7) is 12.0. The fourth-order valence-corrected chi connectivity index (χ4v) is 3.88. The lowest BCUT2D eigenvalue weighted by atomic mass is 10.0. The number of benzene rings is 1. The van der Waals surface area contributed by atoms with Gasteiger partial charge in [-0.3, -0.25) is 4.98 Å². The second-order valence-electron chi connectivity index (χ2n) is 7.10. The molecule has 0 bridgehead atoms. The highest BCUT2D eigenvalue weighted by molar-refractivity contribution is 6.89. The standard InChI is InChI=1S/C19H26FNSi/c1-13(2)10-15-11-17(21-12-18(15)22(4,5)6)16-9-7-8-14(3)19(16)20/h7-9,11-13H,10H2,1-6H3/i10D2. The Morgan fingerprint density at radius 3 is 2.55 bits per heavy atom. The van der Waals surface area contributed by atoms with Crippen LogP contribution in [0.25, 0.3) is 11.3 Å². The zero-order valence-corrected chi connectivity index (χ0v) is 15.3. The predicted molar refractivity (Wildman–Crippen MR) is 95.9 cm³/mol. The Morgan fingerprint density at radius 2 is 1.95 bits per heavy atom. The van der Waals surface area contributed by atoms with Crippen molar-refractivity contribution in [1.82, 2.24) is 4.98 Å². The molecule has 0 unspecified atom stereocenters. The molecule has 22 heavy (non-hydrogen) atoms. The van der Waals surface area contributed by atoms with Crippen LogP contribution < -0.4 is 5.19 Å². The van der Waals surface area contributed by atoms with Gasteiger partial charge in [-0.25, -0.2) is 4.39 Å². The van der Waals surface area contributed by atoms with Crippen molar-refractivity contribution in [2.45, 2.75) is 46.8 Å². The van der Waals surface area contributed by atoms with Crippen molar-refractivity contribution < 1.29 is 7.13 Å². The monoisotopic (exact) mass is 317 g/mol. The van der Waals surface area contributed by atoms with Crippen LogP contribution in [0.15, 0.2) is 30.5 Å². The molecule has 0 N–H and O–H groups in total. The van der Waals surface area contributed by atoms with E-state index in [1.165, 1.54) is 0 Å². The highest BCUT2D eigenvalue weighted by Gasteiger charge is 2.22. The molecular weight excluding hydrogens is 289 g/mol. The van der Waals surface area contributed by atoms with E-state index in [1.807, 2.05) is 13.8 Å². The summed E-state index contributed by atoms with van der Waals surface area (Å²) in [5.41, 5.74) is 2.15. The minimum Gasteiger partial charge on any atom is -0.256 e. The molecule has 1 nitrogen and oxygen atoms in total. The van der Waals surface area contributed by atoms with E-state index in [0.29, 0.717) is 22.4 Å². The van der Waals surface area contributed by atoms with Gasteiger partial charge in [-0.1, -0.05) is 45.6 Å². The van der Waals surface area contributed by atoms with Crippen molar-refractivity contribution in [2.75, 3.05) is 0 Å². The first-order valence-corrected chi connectivity index (χ1v) is 11.2. The van der Waals surface area contributed by atoms with Gasteiger partial charge in [-0.2, -0.15) is 0 Å². The smallest absolute Gasteiger partial charge is 0.135 e. The fourth-order valence-electron chi connectivity index (χ4n) is 2.48. The molecular formula is C19H26FNSi. The molecule has 3 heteroatoms.